The summed E-state index contributed by atoms with van der Waals surface area (Å²) in [6.07, 6.45) is 0.349. The number of morpholine rings is 1. The highest BCUT2D eigenvalue weighted by Gasteiger charge is 2.23. The van der Waals surface area contributed by atoms with Crippen LogP contribution in [0.4, 0.5) is 10.9 Å². The summed E-state index contributed by atoms with van der Waals surface area (Å²) < 4.78 is 5.78. The number of carbonyl (C=O) groups excluding carboxylic acids is 1. The number of aromatic nitrogens is 2. The normalized spacial score (nSPS) is 21.8. The molecule has 0 radical (unpaired) electrons. The summed E-state index contributed by atoms with van der Waals surface area (Å²) in [6.45, 7) is 7.40. The van der Waals surface area contributed by atoms with E-state index in [-0.39, 0.29) is 18.1 Å². The third-order valence-electron chi connectivity index (χ3n) is 3.89. The monoisotopic (exact) mass is 361 g/mol. The Balaban J connectivity index is 1.78. The lowest BCUT2D eigenvalue weighted by Crippen LogP contribution is -2.45. The van der Waals surface area contributed by atoms with Gasteiger partial charge in [-0.1, -0.05) is 6.07 Å². The molecule has 1 fully saturated rings. The van der Waals surface area contributed by atoms with Crippen molar-refractivity contribution < 1.29 is 9.53 Å². The van der Waals surface area contributed by atoms with Gasteiger partial charge in [-0.3, -0.25) is 4.79 Å². The number of carbonyl (C=O) groups is 1. The van der Waals surface area contributed by atoms with Crippen molar-refractivity contribution in [2.45, 2.75) is 39.0 Å². The van der Waals surface area contributed by atoms with Crippen molar-refractivity contribution in [2.75, 3.05) is 23.3 Å². The van der Waals surface area contributed by atoms with E-state index in [0.717, 1.165) is 30.3 Å². The number of amides is 1. The molecule has 2 aromatic rings. The Labute approximate surface area is 151 Å². The molecule has 134 valence electrons. The van der Waals surface area contributed by atoms with E-state index in [2.05, 4.69) is 29.0 Å². The van der Waals surface area contributed by atoms with Gasteiger partial charge in [0.05, 0.1) is 23.9 Å². The van der Waals surface area contributed by atoms with Crippen molar-refractivity contribution in [3.63, 3.8) is 0 Å². The average Bonchev–Trinajstić information content (AvgIpc) is 3.02. The van der Waals surface area contributed by atoms with Crippen LogP contribution in [-0.4, -0.2) is 47.2 Å². The van der Waals surface area contributed by atoms with E-state index in [1.807, 2.05) is 23.6 Å². The van der Waals surface area contributed by atoms with Crippen molar-refractivity contribution in [3.8, 4) is 11.4 Å². The molecule has 3 atom stereocenters. The Morgan fingerprint density at radius 3 is 2.72 bits per heavy atom. The Kier molecular flexibility index (Phi) is 5.31. The molecular formula is C17H23N5O2S. The zero-order valence-corrected chi connectivity index (χ0v) is 15.4. The van der Waals surface area contributed by atoms with Crippen LogP contribution in [-0.2, 0) is 9.53 Å². The van der Waals surface area contributed by atoms with Gasteiger partial charge in [0.2, 0.25) is 5.91 Å². The molecule has 0 unspecified atom stereocenters. The van der Waals surface area contributed by atoms with E-state index in [1.165, 1.54) is 11.3 Å². The zero-order chi connectivity index (χ0) is 18.0. The molecule has 3 rings (SSSR count). The second-order valence-electron chi connectivity index (χ2n) is 6.36. The second kappa shape index (κ2) is 7.47. The van der Waals surface area contributed by atoms with Gasteiger partial charge in [0.1, 0.15) is 11.5 Å². The van der Waals surface area contributed by atoms with E-state index >= 15 is 0 Å². The maximum absolute atomic E-state index is 11.7. The highest BCUT2D eigenvalue weighted by atomic mass is 32.1. The van der Waals surface area contributed by atoms with E-state index in [0.29, 0.717) is 5.13 Å². The number of nitrogens with zero attached hydrogens (tertiary/aromatic N) is 3. The fourth-order valence-corrected chi connectivity index (χ4v) is 3.48. The summed E-state index contributed by atoms with van der Waals surface area (Å²) in [6, 6.07) is 5.32. The molecule has 0 aliphatic carbocycles. The van der Waals surface area contributed by atoms with Gasteiger partial charge in [0.15, 0.2) is 5.13 Å². The minimum Gasteiger partial charge on any atom is -0.372 e. The molecular weight excluding hydrogens is 338 g/mol. The largest absolute Gasteiger partial charge is 0.372 e. The Morgan fingerprint density at radius 2 is 2.04 bits per heavy atom. The van der Waals surface area contributed by atoms with Gasteiger partial charge >= 0.3 is 0 Å². The van der Waals surface area contributed by atoms with Gasteiger partial charge in [-0.05, 0) is 32.9 Å². The molecule has 0 saturated carbocycles. The van der Waals surface area contributed by atoms with Crippen molar-refractivity contribution >= 4 is 28.2 Å². The minimum absolute atomic E-state index is 0.175. The molecule has 25 heavy (non-hydrogen) atoms. The molecule has 1 amide bonds. The van der Waals surface area contributed by atoms with Crippen LogP contribution >= 0.6 is 11.3 Å². The number of pyridine rings is 1. The maximum Gasteiger partial charge on any atom is 0.242 e. The van der Waals surface area contributed by atoms with Gasteiger partial charge in [-0.15, -0.1) is 11.3 Å². The van der Waals surface area contributed by atoms with Crippen LogP contribution < -0.4 is 16.0 Å². The molecule has 8 heteroatoms. The topological polar surface area (TPSA) is 93.4 Å². The van der Waals surface area contributed by atoms with Gasteiger partial charge in [0.25, 0.3) is 0 Å². The number of ether oxygens (including phenoxy) is 1. The lowest BCUT2D eigenvalue weighted by atomic mass is 10.2. The van der Waals surface area contributed by atoms with E-state index in [4.69, 9.17) is 15.5 Å². The number of rotatable bonds is 4. The number of nitrogens with two attached hydrogens (primary N) is 1. The minimum atomic E-state index is -0.570. The third-order valence-corrected chi connectivity index (χ3v) is 4.65. The fourth-order valence-electron chi connectivity index (χ4n) is 2.78. The Hall–Kier alpha value is -2.03. The molecule has 1 aliphatic rings. The van der Waals surface area contributed by atoms with Gasteiger partial charge < -0.3 is 20.7 Å². The lowest BCUT2D eigenvalue weighted by Gasteiger charge is -2.36. The van der Waals surface area contributed by atoms with E-state index in [9.17, 15) is 4.79 Å². The van der Waals surface area contributed by atoms with E-state index < -0.39 is 6.04 Å². The van der Waals surface area contributed by atoms with Crippen molar-refractivity contribution in [1.82, 2.24) is 9.97 Å². The smallest absolute Gasteiger partial charge is 0.242 e. The first-order valence-corrected chi connectivity index (χ1v) is 9.20. The Bertz CT molecular complexity index is 738. The summed E-state index contributed by atoms with van der Waals surface area (Å²) in [5.41, 5.74) is 7.08. The number of anilines is 2. The third kappa shape index (κ3) is 4.33. The van der Waals surface area contributed by atoms with Crippen LogP contribution in [0, 0.1) is 0 Å². The number of hydrogen-bond acceptors (Lipinski definition) is 7. The first kappa shape index (κ1) is 17.8. The highest BCUT2D eigenvalue weighted by molar-refractivity contribution is 7.14. The molecule has 1 saturated heterocycles. The molecule has 3 N–H and O–H groups in total. The molecule has 3 heterocycles. The molecule has 0 spiro atoms. The summed E-state index contributed by atoms with van der Waals surface area (Å²) in [4.78, 5) is 23.1. The summed E-state index contributed by atoms with van der Waals surface area (Å²) in [7, 11) is 0. The molecule has 0 bridgehead atoms. The summed E-state index contributed by atoms with van der Waals surface area (Å²) in [5.74, 6) is 0.660. The first-order valence-electron chi connectivity index (χ1n) is 8.32. The fraction of sp³-hybridized carbons (Fsp3) is 0.471. The first-order chi connectivity index (χ1) is 11.9. The van der Waals surface area contributed by atoms with Crippen LogP contribution in [0.3, 0.4) is 0 Å². The van der Waals surface area contributed by atoms with Crippen molar-refractivity contribution in [2.24, 2.45) is 5.73 Å². The standard InChI is InChI=1S/C17H23N5O2S/c1-10-7-22(8-11(2)24-10)15-6-4-5-13(19-15)14-9-25-17(20-14)21-16(23)12(3)18/h4-6,9-12H,7-8,18H2,1-3H3,(H,20,21,23)/t10-,11+,12-/m0/s1. The van der Waals surface area contributed by atoms with Crippen molar-refractivity contribution in [3.05, 3.63) is 23.6 Å². The average molecular weight is 361 g/mol. The van der Waals surface area contributed by atoms with E-state index in [1.54, 1.807) is 6.92 Å². The molecule has 0 aromatic carbocycles. The highest BCUT2D eigenvalue weighted by Crippen LogP contribution is 2.26. The number of thiazole rings is 1. The predicted molar refractivity (Wildman–Crippen MR) is 99.8 cm³/mol. The van der Waals surface area contributed by atoms with Crippen LogP contribution in [0.1, 0.15) is 20.8 Å². The Morgan fingerprint density at radius 1 is 1.32 bits per heavy atom. The summed E-state index contributed by atoms with van der Waals surface area (Å²) >= 11 is 1.36. The van der Waals surface area contributed by atoms with Crippen LogP contribution in [0.5, 0.6) is 0 Å². The molecule has 2 aromatic heterocycles. The lowest BCUT2D eigenvalue weighted by molar-refractivity contribution is -0.117. The van der Waals surface area contributed by atoms with Crippen molar-refractivity contribution in [1.29, 1.82) is 0 Å². The number of hydrogen-bond donors (Lipinski definition) is 2. The maximum atomic E-state index is 11.7. The summed E-state index contributed by atoms with van der Waals surface area (Å²) in [5, 5.41) is 5.12. The SMILES string of the molecule is C[C@@H]1CN(c2cccc(-c3csc(NC(=O)[C@H](C)N)n3)n2)C[C@H](C)O1. The van der Waals surface area contributed by atoms with Gasteiger partial charge in [-0.2, -0.15) is 0 Å². The quantitative estimate of drug-likeness (QED) is 0.866. The molecule has 1 aliphatic heterocycles. The van der Waals surface area contributed by atoms with Gasteiger partial charge in [0, 0.05) is 18.5 Å². The zero-order valence-electron chi connectivity index (χ0n) is 14.6. The van der Waals surface area contributed by atoms with Crippen LogP contribution in [0.25, 0.3) is 11.4 Å². The van der Waals surface area contributed by atoms with Crippen LogP contribution in [0.2, 0.25) is 0 Å². The number of nitrogens with one attached hydrogen (secondary N) is 1. The molecule has 7 nitrogen and oxygen atoms in total. The van der Waals surface area contributed by atoms with Gasteiger partial charge in [-0.25, -0.2) is 9.97 Å². The van der Waals surface area contributed by atoms with Crippen LogP contribution in [0.15, 0.2) is 23.6 Å². The predicted octanol–water partition coefficient (Wildman–Crippen LogP) is 2.10. The second-order valence-corrected chi connectivity index (χ2v) is 7.22.